The van der Waals surface area contributed by atoms with Gasteiger partial charge in [-0.05, 0) is 30.7 Å². The minimum atomic E-state index is -0.647. The third-order valence-electron chi connectivity index (χ3n) is 4.52. The Kier molecular flexibility index (Phi) is 4.46. The van der Waals surface area contributed by atoms with Gasteiger partial charge in [0.1, 0.15) is 5.56 Å². The lowest BCUT2D eigenvalue weighted by atomic mass is 9.82. The van der Waals surface area contributed by atoms with E-state index >= 15 is 0 Å². The van der Waals surface area contributed by atoms with E-state index in [1.54, 1.807) is 4.90 Å². The van der Waals surface area contributed by atoms with Crippen molar-refractivity contribution in [2.75, 3.05) is 13.1 Å². The summed E-state index contributed by atoms with van der Waals surface area (Å²) in [5.41, 5.74) is -0.265. The molecular weight excluding hydrogens is 294 g/mol. The summed E-state index contributed by atoms with van der Waals surface area (Å²) in [6, 6.07) is 1.37. The smallest absolute Gasteiger partial charge is 0.319 e. The van der Waals surface area contributed by atoms with Crippen LogP contribution < -0.4 is 0 Å². The molecule has 0 spiro atoms. The van der Waals surface area contributed by atoms with Gasteiger partial charge in [-0.1, -0.05) is 25.4 Å². The van der Waals surface area contributed by atoms with Gasteiger partial charge in [-0.2, -0.15) is 0 Å². The quantitative estimate of drug-likeness (QED) is 0.485. The molecule has 0 aromatic carbocycles. The third kappa shape index (κ3) is 2.85. The molecule has 21 heavy (non-hydrogen) atoms. The molecule has 0 N–H and O–H groups in total. The second-order valence-corrected chi connectivity index (χ2v) is 5.80. The summed E-state index contributed by atoms with van der Waals surface area (Å²) in [6.07, 6.45) is 4.24. The van der Waals surface area contributed by atoms with Crippen molar-refractivity contribution in [3.8, 4) is 0 Å². The number of pyridine rings is 1. The first-order chi connectivity index (χ1) is 9.94. The van der Waals surface area contributed by atoms with Crippen LogP contribution >= 0.6 is 11.6 Å². The molecule has 6 nitrogen and oxygen atoms in total. The van der Waals surface area contributed by atoms with Crippen molar-refractivity contribution in [1.82, 2.24) is 9.88 Å². The number of aromatic nitrogens is 1. The molecule has 1 amide bonds. The lowest BCUT2D eigenvalue weighted by molar-refractivity contribution is -0.385. The van der Waals surface area contributed by atoms with Crippen molar-refractivity contribution in [3.63, 3.8) is 0 Å². The fraction of sp³-hybridized carbons (Fsp3) is 0.571. The van der Waals surface area contributed by atoms with Gasteiger partial charge in [0.15, 0.2) is 0 Å². The Morgan fingerprint density at radius 2 is 2.19 bits per heavy atom. The molecule has 1 fully saturated rings. The van der Waals surface area contributed by atoms with Crippen LogP contribution in [0.5, 0.6) is 0 Å². The molecule has 1 aromatic rings. The van der Waals surface area contributed by atoms with Gasteiger partial charge in [-0.25, -0.2) is 4.98 Å². The highest BCUT2D eigenvalue weighted by molar-refractivity contribution is 6.32. The number of amides is 1. The first kappa shape index (κ1) is 15.7. The minimum absolute atomic E-state index is 0.0167. The molecular formula is C14H18ClN3O3. The summed E-state index contributed by atoms with van der Waals surface area (Å²) >= 11 is 5.76. The fourth-order valence-corrected chi connectivity index (χ4v) is 3.11. The molecule has 0 bridgehead atoms. The largest absolute Gasteiger partial charge is 0.338 e. The fourth-order valence-electron chi connectivity index (χ4n) is 2.88. The zero-order valence-electron chi connectivity index (χ0n) is 12.1. The molecule has 7 heteroatoms. The van der Waals surface area contributed by atoms with Gasteiger partial charge in [-0.3, -0.25) is 14.9 Å². The van der Waals surface area contributed by atoms with E-state index in [9.17, 15) is 14.9 Å². The number of likely N-dealkylation sites (tertiary alicyclic amines) is 1. The predicted octanol–water partition coefficient (Wildman–Crippen LogP) is 3.30. The number of nitrogens with zero attached hydrogens (tertiary/aromatic N) is 3. The summed E-state index contributed by atoms with van der Waals surface area (Å²) in [6.45, 7) is 5.49. The normalized spacial score (nSPS) is 17.0. The van der Waals surface area contributed by atoms with E-state index in [4.69, 9.17) is 11.6 Å². The maximum Gasteiger partial charge on any atom is 0.319 e. The van der Waals surface area contributed by atoms with Crippen LogP contribution in [0.1, 0.15) is 43.5 Å². The van der Waals surface area contributed by atoms with Crippen LogP contribution in [0.25, 0.3) is 0 Å². The predicted molar refractivity (Wildman–Crippen MR) is 79.4 cm³/mol. The van der Waals surface area contributed by atoms with Gasteiger partial charge in [0.25, 0.3) is 5.91 Å². The lowest BCUT2D eigenvalue weighted by Gasteiger charge is -2.26. The first-order valence-corrected chi connectivity index (χ1v) is 7.40. The summed E-state index contributed by atoms with van der Waals surface area (Å²) in [5, 5.41) is 10.9. The Morgan fingerprint density at radius 1 is 1.52 bits per heavy atom. The monoisotopic (exact) mass is 311 g/mol. The molecule has 1 aliphatic rings. The molecule has 0 unspecified atom stereocenters. The molecule has 2 heterocycles. The maximum absolute atomic E-state index is 12.6. The molecule has 0 saturated carbocycles. The molecule has 0 atom stereocenters. The number of halogens is 1. The van der Waals surface area contributed by atoms with Gasteiger partial charge in [0, 0.05) is 19.3 Å². The first-order valence-electron chi connectivity index (χ1n) is 7.02. The average Bonchev–Trinajstić information content (AvgIpc) is 2.91. The highest BCUT2D eigenvalue weighted by Gasteiger charge is 2.39. The van der Waals surface area contributed by atoms with E-state index in [1.165, 1.54) is 12.3 Å². The van der Waals surface area contributed by atoms with Gasteiger partial charge in [0.2, 0.25) is 5.15 Å². The van der Waals surface area contributed by atoms with Crippen LogP contribution in [0, 0.1) is 15.5 Å². The zero-order chi connectivity index (χ0) is 15.6. The van der Waals surface area contributed by atoms with E-state index < -0.39 is 10.6 Å². The Hall–Kier alpha value is -1.69. The molecule has 2 rings (SSSR count). The summed E-state index contributed by atoms with van der Waals surface area (Å²) in [7, 11) is 0. The van der Waals surface area contributed by atoms with Crippen LogP contribution in [0.2, 0.25) is 5.15 Å². The molecule has 0 radical (unpaired) electrons. The third-order valence-corrected chi connectivity index (χ3v) is 4.79. The van der Waals surface area contributed by atoms with E-state index in [-0.39, 0.29) is 22.0 Å². The van der Waals surface area contributed by atoms with E-state index in [0.29, 0.717) is 13.1 Å². The van der Waals surface area contributed by atoms with Crippen LogP contribution in [-0.4, -0.2) is 33.8 Å². The van der Waals surface area contributed by atoms with Crippen LogP contribution in [-0.2, 0) is 0 Å². The number of rotatable bonds is 4. The van der Waals surface area contributed by atoms with Gasteiger partial charge in [0.05, 0.1) is 4.92 Å². The summed E-state index contributed by atoms with van der Waals surface area (Å²) < 4.78 is 0. The van der Waals surface area contributed by atoms with Crippen LogP contribution in [0.15, 0.2) is 12.3 Å². The Bertz CT molecular complexity index is 573. The topological polar surface area (TPSA) is 76.3 Å². The zero-order valence-corrected chi connectivity index (χ0v) is 12.9. The second kappa shape index (κ2) is 5.97. The molecule has 0 aliphatic carbocycles. The minimum Gasteiger partial charge on any atom is -0.338 e. The van der Waals surface area contributed by atoms with Crippen molar-refractivity contribution >= 4 is 23.2 Å². The molecule has 1 aliphatic heterocycles. The number of carbonyl (C=O) groups excluding carboxylic acids is 1. The standard InChI is InChI=1S/C14H18ClN3O3/c1-3-14(4-2)6-8-17(9-14)13(19)10-5-7-16-12(15)11(10)18(20)21/h5,7H,3-4,6,8-9H2,1-2H3. The number of nitro groups is 1. The van der Waals surface area contributed by atoms with Crippen molar-refractivity contribution < 1.29 is 9.72 Å². The van der Waals surface area contributed by atoms with Crippen LogP contribution in [0.3, 0.4) is 0 Å². The molecule has 1 aromatic heterocycles. The van der Waals surface area contributed by atoms with Gasteiger partial charge >= 0.3 is 5.69 Å². The lowest BCUT2D eigenvalue weighted by Crippen LogP contribution is -2.32. The molecule has 1 saturated heterocycles. The Morgan fingerprint density at radius 3 is 2.71 bits per heavy atom. The SMILES string of the molecule is CCC1(CC)CCN(C(=O)c2ccnc(Cl)c2[N+](=O)[O-])C1. The highest BCUT2D eigenvalue weighted by atomic mass is 35.5. The summed E-state index contributed by atoms with van der Waals surface area (Å²) in [5.74, 6) is -0.338. The van der Waals surface area contributed by atoms with E-state index in [0.717, 1.165) is 19.3 Å². The van der Waals surface area contributed by atoms with Crippen molar-refractivity contribution in [3.05, 3.63) is 33.1 Å². The Balaban J connectivity index is 2.31. The van der Waals surface area contributed by atoms with Crippen molar-refractivity contribution in [1.29, 1.82) is 0 Å². The second-order valence-electron chi connectivity index (χ2n) is 5.44. The van der Waals surface area contributed by atoms with Gasteiger partial charge in [-0.15, -0.1) is 0 Å². The highest BCUT2D eigenvalue weighted by Crippen LogP contribution is 2.38. The van der Waals surface area contributed by atoms with Gasteiger partial charge < -0.3 is 4.90 Å². The number of hydrogen-bond acceptors (Lipinski definition) is 4. The number of carbonyl (C=O) groups is 1. The molecule has 114 valence electrons. The van der Waals surface area contributed by atoms with Crippen molar-refractivity contribution in [2.24, 2.45) is 5.41 Å². The maximum atomic E-state index is 12.6. The Labute approximate surface area is 128 Å². The van der Waals surface area contributed by atoms with E-state index in [1.807, 2.05) is 0 Å². The van der Waals surface area contributed by atoms with Crippen molar-refractivity contribution in [2.45, 2.75) is 33.1 Å². The van der Waals surface area contributed by atoms with E-state index in [2.05, 4.69) is 18.8 Å². The number of hydrogen-bond donors (Lipinski definition) is 0. The van der Waals surface area contributed by atoms with Crippen LogP contribution in [0.4, 0.5) is 5.69 Å². The average molecular weight is 312 g/mol. The summed E-state index contributed by atoms with van der Waals surface area (Å²) in [4.78, 5) is 28.4.